The van der Waals surface area contributed by atoms with Crippen LogP contribution >= 0.6 is 0 Å². The van der Waals surface area contributed by atoms with Crippen molar-refractivity contribution in [2.24, 2.45) is 0 Å². The molecule has 0 atom stereocenters. The molecule has 0 aliphatic heterocycles. The predicted molar refractivity (Wildman–Crippen MR) is 138 cm³/mol. The molecule has 0 bridgehead atoms. The molecule has 3 aromatic heterocycles. The number of pyridine rings is 2. The summed E-state index contributed by atoms with van der Waals surface area (Å²) in [5, 5.41) is 5.63. The molecule has 3 heterocycles. The minimum Gasteiger partial charge on any atom is -0.339 e. The molecular formula is C26H28N6O4S. The van der Waals surface area contributed by atoms with E-state index < -0.39 is 16.0 Å². The molecule has 0 aliphatic rings. The van der Waals surface area contributed by atoms with E-state index in [9.17, 15) is 13.2 Å². The Labute approximate surface area is 216 Å². The summed E-state index contributed by atoms with van der Waals surface area (Å²) in [6.45, 7) is 5.16. The van der Waals surface area contributed by atoms with Crippen LogP contribution in [-0.2, 0) is 32.7 Å². The minimum absolute atomic E-state index is 0.00200. The topological polar surface area (TPSA) is 111 Å². The first-order valence-corrected chi connectivity index (χ1v) is 13.1. The van der Waals surface area contributed by atoms with Gasteiger partial charge < -0.3 is 4.84 Å². The van der Waals surface area contributed by atoms with Crippen molar-refractivity contribution in [3.8, 4) is 5.69 Å². The van der Waals surface area contributed by atoms with Crippen LogP contribution in [0, 0.1) is 0 Å². The fourth-order valence-corrected chi connectivity index (χ4v) is 5.03. The number of rotatable bonds is 10. The van der Waals surface area contributed by atoms with Crippen LogP contribution in [0.3, 0.4) is 0 Å². The number of carbonyl (C=O) groups excluding carboxylic acids is 1. The first-order chi connectivity index (χ1) is 17.7. The lowest BCUT2D eigenvalue weighted by Gasteiger charge is -2.26. The summed E-state index contributed by atoms with van der Waals surface area (Å²) in [5.74, 6) is -0.0646. The van der Waals surface area contributed by atoms with Crippen molar-refractivity contribution < 1.29 is 18.0 Å². The zero-order valence-electron chi connectivity index (χ0n) is 20.8. The number of hydroxylamine groups is 1. The third-order valence-electron chi connectivity index (χ3n) is 5.39. The van der Waals surface area contributed by atoms with E-state index in [-0.39, 0.29) is 24.0 Å². The molecule has 0 radical (unpaired) electrons. The van der Waals surface area contributed by atoms with Crippen molar-refractivity contribution in [1.29, 1.82) is 0 Å². The molecule has 4 rings (SSSR count). The van der Waals surface area contributed by atoms with E-state index in [1.165, 1.54) is 34.8 Å². The summed E-state index contributed by atoms with van der Waals surface area (Å²) >= 11 is 0. The Bertz CT molecular complexity index is 1430. The minimum atomic E-state index is -3.90. The van der Waals surface area contributed by atoms with Crippen LogP contribution in [0.4, 0.5) is 5.82 Å². The van der Waals surface area contributed by atoms with Crippen LogP contribution in [0.1, 0.15) is 32.0 Å². The van der Waals surface area contributed by atoms with Gasteiger partial charge in [0.15, 0.2) is 5.82 Å². The number of sulfonamides is 1. The smallest absolute Gasteiger partial charge is 0.329 e. The van der Waals surface area contributed by atoms with Gasteiger partial charge in [0, 0.05) is 38.3 Å². The van der Waals surface area contributed by atoms with E-state index in [1.807, 2.05) is 50.4 Å². The van der Waals surface area contributed by atoms with Crippen molar-refractivity contribution >= 4 is 21.8 Å². The third kappa shape index (κ3) is 6.38. The number of nitrogens with zero attached hydrogens (tertiary/aromatic N) is 6. The monoisotopic (exact) mass is 520 g/mol. The second-order valence-electron chi connectivity index (χ2n) is 8.57. The van der Waals surface area contributed by atoms with Gasteiger partial charge in [0.2, 0.25) is 10.0 Å². The molecule has 192 valence electrons. The number of benzene rings is 1. The Hall–Kier alpha value is -4.09. The molecule has 0 saturated carbocycles. The highest BCUT2D eigenvalue weighted by molar-refractivity contribution is 7.89. The van der Waals surface area contributed by atoms with Gasteiger partial charge in [0.1, 0.15) is 4.90 Å². The van der Waals surface area contributed by atoms with Crippen molar-refractivity contribution in [3.63, 3.8) is 0 Å². The zero-order valence-corrected chi connectivity index (χ0v) is 21.6. The maximum Gasteiger partial charge on any atom is 0.329 e. The van der Waals surface area contributed by atoms with Crippen molar-refractivity contribution in [3.05, 3.63) is 96.7 Å². The number of hydrogen-bond donors (Lipinski definition) is 0. The van der Waals surface area contributed by atoms with E-state index in [0.29, 0.717) is 11.5 Å². The lowest BCUT2D eigenvalue weighted by Crippen LogP contribution is -2.34. The summed E-state index contributed by atoms with van der Waals surface area (Å²) in [4.78, 5) is 25.6. The second-order valence-corrected chi connectivity index (χ2v) is 10.5. The Morgan fingerprint density at radius 1 is 1.00 bits per heavy atom. The van der Waals surface area contributed by atoms with Gasteiger partial charge in [-0.25, -0.2) is 18.1 Å². The Morgan fingerprint density at radius 2 is 1.78 bits per heavy atom. The van der Waals surface area contributed by atoms with Gasteiger partial charge in [-0.1, -0.05) is 18.2 Å². The highest BCUT2D eigenvalue weighted by Gasteiger charge is 2.26. The number of hydrogen-bond acceptors (Lipinski definition) is 8. The molecule has 0 fully saturated rings. The normalized spacial score (nSPS) is 11.6. The van der Waals surface area contributed by atoms with Crippen molar-refractivity contribution in [2.45, 2.75) is 44.8 Å². The van der Waals surface area contributed by atoms with Gasteiger partial charge in [-0.3, -0.25) is 9.78 Å². The largest absolute Gasteiger partial charge is 0.339 e. The number of anilines is 1. The maximum atomic E-state index is 13.6. The average Bonchev–Trinajstić information content (AvgIpc) is 3.43. The first-order valence-electron chi connectivity index (χ1n) is 11.7. The van der Waals surface area contributed by atoms with Gasteiger partial charge >= 0.3 is 5.97 Å². The summed E-state index contributed by atoms with van der Waals surface area (Å²) in [7, 11) is -3.90. The van der Waals surface area contributed by atoms with E-state index >= 15 is 0 Å². The Balaban J connectivity index is 1.65. The molecule has 1 aromatic carbocycles. The lowest BCUT2D eigenvalue weighted by atomic mass is 10.2. The summed E-state index contributed by atoms with van der Waals surface area (Å²) in [6, 6.07) is 17.5. The molecule has 10 nitrogen and oxygen atoms in total. The zero-order chi connectivity index (χ0) is 26.4. The van der Waals surface area contributed by atoms with Gasteiger partial charge in [-0.05, 0) is 61.9 Å². The van der Waals surface area contributed by atoms with Gasteiger partial charge in [-0.15, -0.1) is 0 Å². The van der Waals surface area contributed by atoms with Gasteiger partial charge in [-0.2, -0.15) is 14.5 Å². The molecule has 0 N–H and O–H groups in total. The SMILES string of the molecule is CC(=O)ON(c1cccc(CN(Cc2ccc(-n3cccn3)cc2)S(=O)(=O)c2cccnc2)n1)C(C)C. The van der Waals surface area contributed by atoms with E-state index in [0.717, 1.165) is 11.3 Å². The van der Waals surface area contributed by atoms with E-state index in [4.69, 9.17) is 4.84 Å². The van der Waals surface area contributed by atoms with Crippen molar-refractivity contribution in [1.82, 2.24) is 24.1 Å². The highest BCUT2D eigenvalue weighted by atomic mass is 32.2. The van der Waals surface area contributed by atoms with Crippen LogP contribution in [0.5, 0.6) is 0 Å². The van der Waals surface area contributed by atoms with E-state index in [1.54, 1.807) is 35.1 Å². The third-order valence-corrected chi connectivity index (χ3v) is 7.16. The molecule has 0 saturated heterocycles. The molecule has 0 aliphatic carbocycles. The van der Waals surface area contributed by atoms with Crippen LogP contribution in [-0.4, -0.2) is 44.5 Å². The summed E-state index contributed by atoms with van der Waals surface area (Å²) < 4.78 is 30.3. The van der Waals surface area contributed by atoms with Gasteiger partial charge in [0.25, 0.3) is 0 Å². The number of aromatic nitrogens is 4. The molecular weight excluding hydrogens is 492 g/mol. The quantitative estimate of drug-likeness (QED) is 0.291. The van der Waals surface area contributed by atoms with Crippen LogP contribution in [0.25, 0.3) is 5.69 Å². The predicted octanol–water partition coefficient (Wildman–Crippen LogP) is 3.75. The molecule has 0 unspecified atom stereocenters. The number of carbonyl (C=O) groups is 1. The van der Waals surface area contributed by atoms with Crippen LogP contribution in [0.2, 0.25) is 0 Å². The van der Waals surface area contributed by atoms with Crippen LogP contribution in [0.15, 0.2) is 90.3 Å². The molecule has 0 spiro atoms. The Morgan fingerprint density at radius 3 is 2.41 bits per heavy atom. The second kappa shape index (κ2) is 11.3. The average molecular weight is 521 g/mol. The molecule has 11 heteroatoms. The van der Waals surface area contributed by atoms with E-state index in [2.05, 4.69) is 15.1 Å². The van der Waals surface area contributed by atoms with Gasteiger partial charge in [0.05, 0.1) is 24.0 Å². The summed E-state index contributed by atoms with van der Waals surface area (Å²) in [5.41, 5.74) is 2.16. The Kier molecular flexibility index (Phi) is 7.95. The fraction of sp³-hybridized carbons (Fsp3) is 0.231. The fourth-order valence-electron chi connectivity index (χ4n) is 3.67. The molecule has 0 amide bonds. The van der Waals surface area contributed by atoms with Crippen LogP contribution < -0.4 is 5.06 Å². The standard InChI is InChI=1S/C26H28N6O4S/c1-20(2)32(36-21(3)33)26-9-4-7-23(29-26)19-30(37(34,35)25-8-5-14-27-17-25)18-22-10-12-24(13-11-22)31-16-6-15-28-31/h4-17,20H,18-19H2,1-3H3. The molecule has 37 heavy (non-hydrogen) atoms. The summed E-state index contributed by atoms with van der Waals surface area (Å²) in [6.07, 6.45) is 6.38. The maximum absolute atomic E-state index is 13.6. The molecule has 4 aromatic rings. The lowest BCUT2D eigenvalue weighted by molar-refractivity contribution is -0.143. The van der Waals surface area contributed by atoms with Crippen molar-refractivity contribution in [2.75, 3.05) is 5.06 Å². The highest BCUT2D eigenvalue weighted by Crippen LogP contribution is 2.23. The first kappa shape index (κ1) is 26.0.